The summed E-state index contributed by atoms with van der Waals surface area (Å²) in [7, 11) is 0. The Labute approximate surface area is 225 Å². The zero-order valence-electron chi connectivity index (χ0n) is 21.2. The number of aryl methyl sites for hydroxylation is 1. The van der Waals surface area contributed by atoms with Crippen molar-refractivity contribution >= 4 is 40.6 Å². The van der Waals surface area contributed by atoms with Crippen molar-refractivity contribution in [1.29, 1.82) is 0 Å². The lowest BCUT2D eigenvalue weighted by molar-refractivity contribution is 0.0734. The molecule has 11 nitrogen and oxygen atoms in total. The van der Waals surface area contributed by atoms with Gasteiger partial charge in [-0.25, -0.2) is 0 Å². The third-order valence-electron chi connectivity index (χ3n) is 6.79. The fraction of sp³-hybridized carbons (Fsp3) is 0.385. The van der Waals surface area contributed by atoms with Gasteiger partial charge < -0.3 is 25.3 Å². The molecule has 0 bridgehead atoms. The number of nitrogens with zero attached hydrogens (tertiary/aromatic N) is 6. The Kier molecular flexibility index (Phi) is 7.89. The van der Waals surface area contributed by atoms with Gasteiger partial charge >= 0.3 is 0 Å². The van der Waals surface area contributed by atoms with E-state index in [0.29, 0.717) is 66.7 Å². The highest BCUT2D eigenvalue weighted by Crippen LogP contribution is 2.30. The van der Waals surface area contributed by atoms with Crippen molar-refractivity contribution in [3.05, 3.63) is 64.4 Å². The molecule has 0 saturated carbocycles. The van der Waals surface area contributed by atoms with E-state index < -0.39 is 0 Å². The Morgan fingerprint density at radius 2 is 1.76 bits per heavy atom. The Bertz CT molecular complexity index is 1310. The monoisotopic (exact) mass is 534 g/mol. The van der Waals surface area contributed by atoms with Gasteiger partial charge in [0, 0.05) is 70.3 Å². The minimum Gasteiger partial charge on any atom is -0.368 e. The van der Waals surface area contributed by atoms with Crippen molar-refractivity contribution in [2.75, 3.05) is 62.6 Å². The number of carbonyl (C=O) groups is 3. The highest BCUT2D eigenvalue weighted by atomic mass is 32.1. The van der Waals surface area contributed by atoms with Crippen molar-refractivity contribution in [2.24, 2.45) is 0 Å². The van der Waals surface area contributed by atoms with Gasteiger partial charge in [0.1, 0.15) is 4.88 Å². The molecule has 0 spiro atoms. The number of piperazine rings is 1. The van der Waals surface area contributed by atoms with E-state index >= 15 is 0 Å². The van der Waals surface area contributed by atoms with Crippen molar-refractivity contribution in [2.45, 2.75) is 13.3 Å². The molecule has 2 fully saturated rings. The molecule has 5 rings (SSSR count). The van der Waals surface area contributed by atoms with E-state index in [4.69, 9.17) is 0 Å². The summed E-state index contributed by atoms with van der Waals surface area (Å²) in [6, 6.07) is 8.88. The molecular weight excluding hydrogens is 504 g/mol. The van der Waals surface area contributed by atoms with Gasteiger partial charge in [0.2, 0.25) is 0 Å². The zero-order chi connectivity index (χ0) is 26.5. The van der Waals surface area contributed by atoms with Crippen LogP contribution in [-0.2, 0) is 0 Å². The average molecular weight is 535 g/mol. The van der Waals surface area contributed by atoms with Gasteiger partial charge in [-0.05, 0) is 55.2 Å². The van der Waals surface area contributed by atoms with E-state index in [2.05, 4.69) is 30.1 Å². The maximum absolute atomic E-state index is 13.2. The summed E-state index contributed by atoms with van der Waals surface area (Å²) in [5, 5.41) is 10.2. The van der Waals surface area contributed by atoms with Gasteiger partial charge in [-0.1, -0.05) is 4.49 Å². The van der Waals surface area contributed by atoms with Crippen LogP contribution in [0.2, 0.25) is 0 Å². The first-order chi connectivity index (χ1) is 18.5. The average Bonchev–Trinajstić information content (AvgIpc) is 3.24. The van der Waals surface area contributed by atoms with Gasteiger partial charge in [-0.3, -0.25) is 19.4 Å². The first-order valence-electron chi connectivity index (χ1n) is 12.7. The molecule has 2 saturated heterocycles. The number of aromatic nitrogens is 3. The van der Waals surface area contributed by atoms with Gasteiger partial charge in [0.05, 0.1) is 22.6 Å². The van der Waals surface area contributed by atoms with Crippen LogP contribution in [0.4, 0.5) is 11.4 Å². The second-order valence-electron chi connectivity index (χ2n) is 9.29. The fourth-order valence-corrected chi connectivity index (χ4v) is 5.34. The summed E-state index contributed by atoms with van der Waals surface area (Å²) in [5.41, 5.74) is 2.97. The van der Waals surface area contributed by atoms with E-state index in [9.17, 15) is 14.4 Å². The number of hydrogen-bond donors (Lipinski definition) is 2. The maximum Gasteiger partial charge on any atom is 0.267 e. The zero-order valence-corrected chi connectivity index (χ0v) is 22.0. The Morgan fingerprint density at radius 3 is 2.50 bits per heavy atom. The molecule has 3 aromatic rings. The Hall–Kier alpha value is -3.90. The fourth-order valence-electron chi connectivity index (χ4n) is 4.72. The number of rotatable bonds is 5. The standard InChI is InChI=1S/C26H30N8O3S/c1-18-23(38-31-30-18)26(37)33-11-3-10-32(14-15-33)22-6-5-19(25(36)34-12-8-27-9-13-34)16-21(22)29-24(35)20-4-2-7-28-17-20/h2,4-7,16-17,27H,3,8-15H2,1H3,(H,29,35). The molecule has 0 unspecified atom stereocenters. The van der Waals surface area contributed by atoms with Crippen molar-refractivity contribution in [1.82, 2.24) is 29.7 Å². The quantitative estimate of drug-likeness (QED) is 0.509. The molecule has 38 heavy (non-hydrogen) atoms. The Balaban J connectivity index is 1.39. The third-order valence-corrected chi connectivity index (χ3v) is 7.61. The van der Waals surface area contributed by atoms with Crippen LogP contribution >= 0.6 is 11.5 Å². The van der Waals surface area contributed by atoms with E-state index in [1.165, 1.54) is 6.20 Å². The topological polar surface area (TPSA) is 124 Å². The summed E-state index contributed by atoms with van der Waals surface area (Å²) in [6.07, 6.45) is 3.88. The van der Waals surface area contributed by atoms with Crippen LogP contribution in [0, 0.1) is 6.92 Å². The minimum atomic E-state index is -0.300. The van der Waals surface area contributed by atoms with Crippen LogP contribution in [0.15, 0.2) is 42.7 Å². The number of anilines is 2. The molecular formula is C26H30N8O3S. The maximum atomic E-state index is 13.2. The molecule has 12 heteroatoms. The number of amides is 3. The molecule has 1 aromatic carbocycles. The Morgan fingerprint density at radius 1 is 0.947 bits per heavy atom. The van der Waals surface area contributed by atoms with E-state index in [-0.39, 0.29) is 17.7 Å². The van der Waals surface area contributed by atoms with Crippen molar-refractivity contribution in [3.8, 4) is 0 Å². The second-order valence-corrected chi connectivity index (χ2v) is 10.0. The van der Waals surface area contributed by atoms with E-state index in [1.54, 1.807) is 31.3 Å². The third kappa shape index (κ3) is 5.65. The lowest BCUT2D eigenvalue weighted by Gasteiger charge is -2.29. The predicted molar refractivity (Wildman–Crippen MR) is 145 cm³/mol. The van der Waals surface area contributed by atoms with Crippen LogP contribution < -0.4 is 15.5 Å². The molecule has 4 heterocycles. The summed E-state index contributed by atoms with van der Waals surface area (Å²) in [5.74, 6) is -0.413. The number of hydrogen-bond acceptors (Lipinski definition) is 9. The van der Waals surface area contributed by atoms with E-state index in [1.807, 2.05) is 21.9 Å². The van der Waals surface area contributed by atoms with Crippen LogP contribution in [0.5, 0.6) is 0 Å². The van der Waals surface area contributed by atoms with Crippen LogP contribution in [-0.4, -0.2) is 94.5 Å². The largest absolute Gasteiger partial charge is 0.368 e. The lowest BCUT2D eigenvalue weighted by atomic mass is 10.1. The molecule has 0 atom stereocenters. The number of nitrogens with one attached hydrogen (secondary N) is 2. The van der Waals surface area contributed by atoms with Crippen molar-refractivity contribution < 1.29 is 14.4 Å². The summed E-state index contributed by atoms with van der Waals surface area (Å²) in [6.45, 7) is 7.01. The normalized spacial score (nSPS) is 16.2. The number of carbonyl (C=O) groups excluding carboxylic acids is 3. The molecule has 0 radical (unpaired) electrons. The molecule has 2 aliphatic rings. The number of pyridine rings is 1. The summed E-state index contributed by atoms with van der Waals surface area (Å²) >= 11 is 1.12. The van der Waals surface area contributed by atoms with Gasteiger partial charge in [0.25, 0.3) is 17.7 Å². The van der Waals surface area contributed by atoms with Crippen molar-refractivity contribution in [3.63, 3.8) is 0 Å². The van der Waals surface area contributed by atoms with Crippen LogP contribution in [0.1, 0.15) is 42.5 Å². The van der Waals surface area contributed by atoms with Crippen LogP contribution in [0.25, 0.3) is 0 Å². The molecule has 0 aliphatic carbocycles. The van der Waals surface area contributed by atoms with Crippen LogP contribution in [0.3, 0.4) is 0 Å². The van der Waals surface area contributed by atoms with Gasteiger partial charge in [-0.15, -0.1) is 5.10 Å². The second kappa shape index (κ2) is 11.7. The first-order valence-corrected chi connectivity index (χ1v) is 13.5. The smallest absolute Gasteiger partial charge is 0.267 e. The molecule has 198 valence electrons. The first kappa shape index (κ1) is 25.7. The molecule has 2 aliphatic heterocycles. The van der Waals surface area contributed by atoms with Gasteiger partial charge in [0.15, 0.2) is 0 Å². The molecule has 3 amide bonds. The lowest BCUT2D eigenvalue weighted by Crippen LogP contribution is -2.46. The molecule has 2 aromatic heterocycles. The summed E-state index contributed by atoms with van der Waals surface area (Å²) in [4.78, 5) is 49.8. The molecule has 2 N–H and O–H groups in total. The predicted octanol–water partition coefficient (Wildman–Crippen LogP) is 1.89. The van der Waals surface area contributed by atoms with E-state index in [0.717, 1.165) is 36.7 Å². The highest BCUT2D eigenvalue weighted by molar-refractivity contribution is 7.07. The highest BCUT2D eigenvalue weighted by Gasteiger charge is 2.26. The summed E-state index contributed by atoms with van der Waals surface area (Å²) < 4.78 is 3.90. The van der Waals surface area contributed by atoms with Gasteiger partial charge in [-0.2, -0.15) is 0 Å². The number of benzene rings is 1. The SMILES string of the molecule is Cc1nnsc1C(=O)N1CCCN(c2ccc(C(=O)N3CCNCC3)cc2NC(=O)c2cccnc2)CC1. The minimum absolute atomic E-state index is 0.0542.